The molecule has 1 N–H and O–H groups in total. The molecule has 0 bridgehead atoms. The van der Waals surface area contributed by atoms with Crippen molar-refractivity contribution in [3.63, 3.8) is 0 Å². The lowest BCUT2D eigenvalue weighted by Crippen LogP contribution is -1.98. The van der Waals surface area contributed by atoms with E-state index in [1.54, 1.807) is 6.07 Å². The van der Waals surface area contributed by atoms with Crippen LogP contribution in [-0.4, -0.2) is 16.1 Å². The smallest absolute Gasteiger partial charge is 0.373 e. The Morgan fingerprint density at radius 2 is 2.22 bits per heavy atom. The molecule has 0 unspecified atom stereocenters. The largest absolute Gasteiger partial charge is 0.475 e. The van der Waals surface area contributed by atoms with Crippen LogP contribution in [0.25, 0.3) is 11.5 Å². The first-order chi connectivity index (χ1) is 8.65. The van der Waals surface area contributed by atoms with Gasteiger partial charge in [-0.3, -0.25) is 0 Å². The molecule has 2 aromatic rings. The number of hydrogen-bond donors (Lipinski definition) is 1. The number of rotatable bonds is 3. The second-order valence-corrected chi connectivity index (χ2v) is 4.32. The van der Waals surface area contributed by atoms with E-state index < -0.39 is 11.8 Å². The second-order valence-electron chi connectivity index (χ2n) is 4.32. The molecule has 1 heterocycles. The maximum absolute atomic E-state index is 13.1. The van der Waals surface area contributed by atoms with Crippen molar-refractivity contribution in [2.45, 2.75) is 18.8 Å². The minimum atomic E-state index is -1.13. The molecule has 0 radical (unpaired) electrons. The molecule has 0 atom stereocenters. The summed E-state index contributed by atoms with van der Waals surface area (Å²) in [7, 11) is 0. The zero-order valence-corrected chi connectivity index (χ0v) is 9.39. The molecule has 18 heavy (non-hydrogen) atoms. The van der Waals surface area contributed by atoms with E-state index in [-0.39, 0.29) is 17.6 Å². The zero-order valence-electron chi connectivity index (χ0n) is 9.39. The summed E-state index contributed by atoms with van der Waals surface area (Å²) in [5.41, 5.74) is 0.922. The third-order valence-electron chi connectivity index (χ3n) is 2.88. The number of carbonyl (C=O) groups is 1. The summed E-state index contributed by atoms with van der Waals surface area (Å²) in [6, 6.07) is 5.75. The molecular formula is C13H10FNO3. The Morgan fingerprint density at radius 3 is 2.83 bits per heavy atom. The van der Waals surface area contributed by atoms with E-state index in [1.807, 2.05) is 0 Å². The number of benzene rings is 1. The van der Waals surface area contributed by atoms with Gasteiger partial charge in [-0.1, -0.05) is 6.07 Å². The number of aromatic carboxylic acids is 1. The van der Waals surface area contributed by atoms with Gasteiger partial charge in [-0.2, -0.15) is 0 Å². The minimum absolute atomic E-state index is 0.128. The molecule has 1 aromatic heterocycles. The van der Waals surface area contributed by atoms with Crippen molar-refractivity contribution in [3.05, 3.63) is 41.5 Å². The van der Waals surface area contributed by atoms with Crippen molar-refractivity contribution >= 4 is 5.97 Å². The van der Waals surface area contributed by atoms with Crippen molar-refractivity contribution in [2.24, 2.45) is 0 Å². The lowest BCUT2D eigenvalue weighted by molar-refractivity contribution is 0.0661. The molecule has 92 valence electrons. The molecule has 3 rings (SSSR count). The van der Waals surface area contributed by atoms with E-state index in [1.165, 1.54) is 18.2 Å². The fourth-order valence-electron chi connectivity index (χ4n) is 1.86. The minimum Gasteiger partial charge on any atom is -0.475 e. The highest BCUT2D eigenvalue weighted by atomic mass is 19.1. The topological polar surface area (TPSA) is 63.3 Å². The highest BCUT2D eigenvalue weighted by Gasteiger charge is 2.33. The quantitative estimate of drug-likeness (QED) is 0.905. The third-order valence-corrected chi connectivity index (χ3v) is 2.88. The van der Waals surface area contributed by atoms with Crippen LogP contribution in [0.15, 0.2) is 28.7 Å². The number of carboxylic acids is 1. The average Bonchev–Trinajstić information content (AvgIpc) is 3.07. The SMILES string of the molecule is O=C(O)c1oc(-c2cccc(F)c2)nc1C1CC1. The number of oxazole rings is 1. The Morgan fingerprint density at radius 1 is 1.44 bits per heavy atom. The van der Waals surface area contributed by atoms with Gasteiger partial charge in [-0.05, 0) is 31.0 Å². The molecule has 1 fully saturated rings. The van der Waals surface area contributed by atoms with E-state index in [2.05, 4.69) is 4.98 Å². The Kier molecular flexibility index (Phi) is 2.40. The van der Waals surface area contributed by atoms with Gasteiger partial charge >= 0.3 is 5.97 Å². The third kappa shape index (κ3) is 1.88. The predicted octanol–water partition coefficient (Wildman–Crippen LogP) is 3.06. The van der Waals surface area contributed by atoms with Crippen LogP contribution in [-0.2, 0) is 0 Å². The number of carboxylic acid groups (broad SMARTS) is 1. The van der Waals surface area contributed by atoms with E-state index in [4.69, 9.17) is 9.52 Å². The summed E-state index contributed by atoms with van der Waals surface area (Å²) in [6.45, 7) is 0. The Hall–Kier alpha value is -2.17. The average molecular weight is 247 g/mol. The lowest BCUT2D eigenvalue weighted by atomic mass is 10.2. The standard InChI is InChI=1S/C13H10FNO3/c14-9-3-1-2-8(6-9)12-15-10(7-4-5-7)11(18-12)13(16)17/h1-3,6-7H,4-5H2,(H,16,17). The molecule has 0 amide bonds. The Labute approximate surface area is 102 Å². The van der Waals surface area contributed by atoms with Crippen molar-refractivity contribution in [2.75, 3.05) is 0 Å². The molecule has 0 saturated heterocycles. The van der Waals surface area contributed by atoms with E-state index in [9.17, 15) is 9.18 Å². The van der Waals surface area contributed by atoms with E-state index >= 15 is 0 Å². The van der Waals surface area contributed by atoms with Gasteiger partial charge < -0.3 is 9.52 Å². The Bertz CT molecular complexity index is 616. The van der Waals surface area contributed by atoms with Gasteiger partial charge in [-0.25, -0.2) is 14.2 Å². The number of hydrogen-bond acceptors (Lipinski definition) is 3. The molecule has 1 aliphatic carbocycles. The number of nitrogens with zero attached hydrogens (tertiary/aromatic N) is 1. The zero-order chi connectivity index (χ0) is 12.7. The van der Waals surface area contributed by atoms with Crippen molar-refractivity contribution in [1.82, 2.24) is 4.98 Å². The van der Waals surface area contributed by atoms with Crippen molar-refractivity contribution in [1.29, 1.82) is 0 Å². The van der Waals surface area contributed by atoms with Crippen LogP contribution in [0.2, 0.25) is 0 Å². The molecule has 1 aromatic carbocycles. The second kappa shape index (κ2) is 3.94. The number of aromatic nitrogens is 1. The first-order valence-corrected chi connectivity index (χ1v) is 5.65. The van der Waals surface area contributed by atoms with E-state index in [0.29, 0.717) is 11.3 Å². The molecule has 5 heteroatoms. The van der Waals surface area contributed by atoms with Gasteiger partial charge in [0.25, 0.3) is 0 Å². The van der Waals surface area contributed by atoms with Gasteiger partial charge in [0.1, 0.15) is 5.82 Å². The number of halogens is 1. The maximum atomic E-state index is 13.1. The van der Waals surface area contributed by atoms with Crippen molar-refractivity contribution < 1.29 is 18.7 Å². The van der Waals surface area contributed by atoms with Crippen LogP contribution in [0.3, 0.4) is 0 Å². The highest BCUT2D eigenvalue weighted by Crippen LogP contribution is 2.42. The first kappa shape index (κ1) is 11.0. The van der Waals surface area contributed by atoms with Crippen LogP contribution in [0.1, 0.15) is 35.0 Å². The molecule has 0 spiro atoms. The van der Waals surface area contributed by atoms with Crippen molar-refractivity contribution in [3.8, 4) is 11.5 Å². The summed E-state index contributed by atoms with van der Waals surface area (Å²) < 4.78 is 18.3. The lowest BCUT2D eigenvalue weighted by Gasteiger charge is -1.94. The van der Waals surface area contributed by atoms with Crippen LogP contribution in [0.4, 0.5) is 4.39 Å². The van der Waals surface area contributed by atoms with Crippen LogP contribution in [0, 0.1) is 5.82 Å². The van der Waals surface area contributed by atoms with Crippen LogP contribution >= 0.6 is 0 Å². The molecule has 0 aliphatic heterocycles. The molecular weight excluding hydrogens is 237 g/mol. The monoisotopic (exact) mass is 247 g/mol. The van der Waals surface area contributed by atoms with Crippen LogP contribution < -0.4 is 0 Å². The first-order valence-electron chi connectivity index (χ1n) is 5.65. The van der Waals surface area contributed by atoms with Gasteiger partial charge in [0.15, 0.2) is 0 Å². The maximum Gasteiger partial charge on any atom is 0.373 e. The van der Waals surface area contributed by atoms with Gasteiger partial charge in [0.2, 0.25) is 11.7 Å². The fraction of sp³-hybridized carbons (Fsp3) is 0.231. The summed E-state index contributed by atoms with van der Waals surface area (Å²) in [5.74, 6) is -1.34. The predicted molar refractivity (Wildman–Crippen MR) is 60.8 cm³/mol. The van der Waals surface area contributed by atoms with Crippen LogP contribution in [0.5, 0.6) is 0 Å². The fourth-order valence-corrected chi connectivity index (χ4v) is 1.86. The molecule has 1 aliphatic rings. The van der Waals surface area contributed by atoms with Gasteiger partial charge in [0.05, 0.1) is 5.69 Å². The summed E-state index contributed by atoms with van der Waals surface area (Å²) in [5, 5.41) is 9.05. The summed E-state index contributed by atoms with van der Waals surface area (Å²) >= 11 is 0. The highest BCUT2D eigenvalue weighted by molar-refractivity contribution is 5.86. The van der Waals surface area contributed by atoms with E-state index in [0.717, 1.165) is 12.8 Å². The normalized spacial score (nSPS) is 14.7. The molecule has 4 nitrogen and oxygen atoms in total. The molecule has 1 saturated carbocycles. The summed E-state index contributed by atoms with van der Waals surface area (Å²) in [4.78, 5) is 15.2. The van der Waals surface area contributed by atoms with Gasteiger partial charge in [-0.15, -0.1) is 0 Å². The summed E-state index contributed by atoms with van der Waals surface area (Å²) in [6.07, 6.45) is 1.85. The van der Waals surface area contributed by atoms with Gasteiger partial charge in [0, 0.05) is 11.5 Å². The Balaban J connectivity index is 2.07.